The molecule has 1 N–H and O–H groups in total. The second-order valence-corrected chi connectivity index (χ2v) is 11.3. The van der Waals surface area contributed by atoms with Crippen LogP contribution in [0.4, 0.5) is 11.4 Å². The Morgan fingerprint density at radius 3 is 2.38 bits per heavy atom. The average molecular weight is 568 g/mol. The van der Waals surface area contributed by atoms with Crippen molar-refractivity contribution in [1.29, 1.82) is 0 Å². The molecule has 39 heavy (non-hydrogen) atoms. The van der Waals surface area contributed by atoms with E-state index in [0.717, 1.165) is 72.5 Å². The number of benzene rings is 3. The maximum absolute atomic E-state index is 13.6. The summed E-state index contributed by atoms with van der Waals surface area (Å²) in [5.74, 6) is 1.34. The SMILES string of the molecule is COc1ccc(C2Sc3cc(Cl)ccc3N(CCCN3CCN(c4ccccc4OC)CC3)C(=O)C2O)cc1. The predicted octanol–water partition coefficient (Wildman–Crippen LogP) is 5.11. The molecule has 0 spiro atoms. The van der Waals surface area contributed by atoms with Gasteiger partial charge in [0.05, 0.1) is 30.8 Å². The number of carbonyl (C=O) groups is 1. The number of anilines is 2. The van der Waals surface area contributed by atoms with Gasteiger partial charge in [-0.1, -0.05) is 35.9 Å². The maximum atomic E-state index is 13.6. The van der Waals surface area contributed by atoms with Crippen molar-refractivity contribution in [3.05, 3.63) is 77.3 Å². The van der Waals surface area contributed by atoms with Crippen molar-refractivity contribution in [2.75, 3.05) is 63.3 Å². The van der Waals surface area contributed by atoms with E-state index in [2.05, 4.69) is 15.9 Å². The summed E-state index contributed by atoms with van der Waals surface area (Å²) in [4.78, 5) is 21.0. The van der Waals surface area contributed by atoms with E-state index in [0.29, 0.717) is 11.6 Å². The number of methoxy groups -OCH3 is 2. The van der Waals surface area contributed by atoms with E-state index < -0.39 is 11.4 Å². The fraction of sp³-hybridized carbons (Fsp3) is 0.367. The monoisotopic (exact) mass is 567 g/mol. The minimum Gasteiger partial charge on any atom is -0.497 e. The lowest BCUT2D eigenvalue weighted by molar-refractivity contribution is -0.126. The Bertz CT molecular complexity index is 1280. The molecule has 2 unspecified atom stereocenters. The number of halogens is 1. The summed E-state index contributed by atoms with van der Waals surface area (Å²) in [6, 6.07) is 21.2. The Morgan fingerprint density at radius 1 is 0.923 bits per heavy atom. The molecule has 0 radical (unpaired) electrons. The van der Waals surface area contributed by atoms with Crippen LogP contribution in [0.5, 0.6) is 11.5 Å². The lowest BCUT2D eigenvalue weighted by Crippen LogP contribution is -2.47. The molecule has 3 aromatic carbocycles. The fourth-order valence-electron chi connectivity index (χ4n) is 5.24. The zero-order chi connectivity index (χ0) is 27.4. The number of nitrogens with zero attached hydrogens (tertiary/aromatic N) is 3. The number of para-hydroxylation sites is 2. The number of amides is 1. The number of carbonyl (C=O) groups excluding carboxylic acids is 1. The summed E-state index contributed by atoms with van der Waals surface area (Å²) in [5.41, 5.74) is 2.79. The second-order valence-electron chi connectivity index (χ2n) is 9.71. The molecule has 0 saturated carbocycles. The quantitative estimate of drug-likeness (QED) is 0.406. The number of rotatable bonds is 8. The molecule has 9 heteroatoms. The zero-order valence-electron chi connectivity index (χ0n) is 22.3. The highest BCUT2D eigenvalue weighted by molar-refractivity contribution is 7.99. The first kappa shape index (κ1) is 27.6. The number of hydrogen-bond donors (Lipinski definition) is 1. The van der Waals surface area contributed by atoms with E-state index >= 15 is 0 Å². The van der Waals surface area contributed by atoms with Crippen LogP contribution < -0.4 is 19.3 Å². The summed E-state index contributed by atoms with van der Waals surface area (Å²) < 4.78 is 10.8. The minimum atomic E-state index is -1.18. The molecule has 0 bridgehead atoms. The topological polar surface area (TPSA) is 65.5 Å². The van der Waals surface area contributed by atoms with Gasteiger partial charge in [-0.2, -0.15) is 0 Å². The molecule has 2 heterocycles. The number of fused-ring (bicyclic) bond motifs is 1. The van der Waals surface area contributed by atoms with Crippen LogP contribution >= 0.6 is 23.4 Å². The van der Waals surface area contributed by atoms with Crippen LogP contribution in [0.3, 0.4) is 0 Å². The first-order valence-electron chi connectivity index (χ1n) is 13.2. The summed E-state index contributed by atoms with van der Waals surface area (Å²) in [5, 5.41) is 11.4. The molecular weight excluding hydrogens is 534 g/mol. The van der Waals surface area contributed by atoms with Crippen molar-refractivity contribution >= 4 is 40.6 Å². The van der Waals surface area contributed by atoms with Crippen LogP contribution in [-0.2, 0) is 4.79 Å². The van der Waals surface area contributed by atoms with Crippen molar-refractivity contribution in [2.24, 2.45) is 0 Å². The molecule has 1 saturated heterocycles. The molecule has 206 valence electrons. The molecule has 5 rings (SSSR count). The van der Waals surface area contributed by atoms with Crippen LogP contribution in [0.2, 0.25) is 5.02 Å². The largest absolute Gasteiger partial charge is 0.497 e. The van der Waals surface area contributed by atoms with Crippen molar-refractivity contribution < 1.29 is 19.4 Å². The van der Waals surface area contributed by atoms with Crippen molar-refractivity contribution in [1.82, 2.24) is 4.90 Å². The van der Waals surface area contributed by atoms with Gasteiger partial charge in [-0.3, -0.25) is 9.69 Å². The van der Waals surface area contributed by atoms with Crippen LogP contribution in [-0.4, -0.2) is 75.5 Å². The standard InChI is InChI=1S/C30H34ClN3O4S/c1-37-23-11-8-21(9-12-23)29-28(35)30(36)34(25-13-10-22(31)20-27(25)39-29)15-5-14-32-16-18-33(19-17-32)24-6-3-4-7-26(24)38-2/h3-4,6-13,20,28-29,35H,5,14-19H2,1-2H3. The molecule has 7 nitrogen and oxygen atoms in total. The third kappa shape index (κ3) is 6.14. The minimum absolute atomic E-state index is 0.287. The molecule has 1 fully saturated rings. The third-order valence-corrected chi connectivity index (χ3v) is 8.97. The third-order valence-electron chi connectivity index (χ3n) is 7.37. The van der Waals surface area contributed by atoms with Crippen molar-refractivity contribution in [3.63, 3.8) is 0 Å². The first-order valence-corrected chi connectivity index (χ1v) is 14.4. The van der Waals surface area contributed by atoms with E-state index in [4.69, 9.17) is 21.1 Å². The van der Waals surface area contributed by atoms with E-state index in [1.807, 2.05) is 54.6 Å². The maximum Gasteiger partial charge on any atom is 0.257 e. The fourth-order valence-corrected chi connectivity index (χ4v) is 6.79. The Labute approximate surface area is 239 Å². The van der Waals surface area contributed by atoms with Crippen LogP contribution in [0.15, 0.2) is 71.6 Å². The number of thioether (sulfide) groups is 1. The second kappa shape index (κ2) is 12.5. The molecule has 0 aromatic heterocycles. The van der Waals surface area contributed by atoms with Crippen molar-refractivity contribution in [3.8, 4) is 11.5 Å². The Balaban J connectivity index is 1.25. The van der Waals surface area contributed by atoms with E-state index in [1.165, 1.54) is 11.8 Å². The van der Waals surface area contributed by atoms with Gasteiger partial charge in [0, 0.05) is 42.6 Å². The van der Waals surface area contributed by atoms with Gasteiger partial charge >= 0.3 is 0 Å². The smallest absolute Gasteiger partial charge is 0.257 e. The van der Waals surface area contributed by atoms with Crippen molar-refractivity contribution in [2.45, 2.75) is 22.7 Å². The lowest BCUT2D eigenvalue weighted by atomic mass is 10.1. The summed E-state index contributed by atoms with van der Waals surface area (Å²) in [6.07, 6.45) is -0.383. The zero-order valence-corrected chi connectivity index (χ0v) is 23.8. The molecule has 1 amide bonds. The number of piperazine rings is 1. The van der Waals surface area contributed by atoms with Gasteiger partial charge in [0.25, 0.3) is 5.91 Å². The number of aliphatic hydroxyl groups excluding tert-OH is 1. The predicted molar refractivity (Wildman–Crippen MR) is 158 cm³/mol. The summed E-state index contributed by atoms with van der Waals surface area (Å²) >= 11 is 7.82. The van der Waals surface area contributed by atoms with Gasteiger partial charge in [-0.15, -0.1) is 11.8 Å². The van der Waals surface area contributed by atoms with E-state index in [-0.39, 0.29) is 5.91 Å². The first-order chi connectivity index (χ1) is 19.0. The van der Waals surface area contributed by atoms with Gasteiger partial charge in [0.2, 0.25) is 0 Å². The Morgan fingerprint density at radius 2 is 1.67 bits per heavy atom. The number of aliphatic hydroxyl groups is 1. The Kier molecular flexibility index (Phi) is 8.87. The van der Waals surface area contributed by atoms with Crippen LogP contribution in [0.25, 0.3) is 0 Å². The van der Waals surface area contributed by atoms with E-state index in [1.54, 1.807) is 25.2 Å². The van der Waals surface area contributed by atoms with Crippen LogP contribution in [0, 0.1) is 0 Å². The van der Waals surface area contributed by atoms with Gasteiger partial charge in [-0.25, -0.2) is 0 Å². The Hall–Kier alpha value is -2.91. The summed E-state index contributed by atoms with van der Waals surface area (Å²) in [6.45, 7) is 5.11. The highest BCUT2D eigenvalue weighted by Crippen LogP contribution is 2.46. The normalized spacial score (nSPS) is 19.9. The average Bonchev–Trinajstić information content (AvgIpc) is 3.07. The molecular formula is C30H34ClN3O4S. The van der Waals surface area contributed by atoms with Gasteiger partial charge in [-0.05, 0) is 61.0 Å². The van der Waals surface area contributed by atoms with Gasteiger partial charge < -0.3 is 24.4 Å². The number of hydrogen-bond acceptors (Lipinski definition) is 7. The van der Waals surface area contributed by atoms with Crippen LogP contribution in [0.1, 0.15) is 17.2 Å². The summed E-state index contributed by atoms with van der Waals surface area (Å²) in [7, 11) is 3.32. The molecule has 2 aliphatic rings. The molecule has 2 atom stereocenters. The lowest BCUT2D eigenvalue weighted by Gasteiger charge is -2.37. The molecule has 2 aliphatic heterocycles. The highest BCUT2D eigenvalue weighted by Gasteiger charge is 2.37. The highest BCUT2D eigenvalue weighted by atomic mass is 35.5. The molecule has 3 aromatic rings. The van der Waals surface area contributed by atoms with E-state index in [9.17, 15) is 9.90 Å². The molecule has 0 aliphatic carbocycles. The number of ether oxygens (including phenoxy) is 2. The van der Waals surface area contributed by atoms with Gasteiger partial charge in [0.1, 0.15) is 17.6 Å². The van der Waals surface area contributed by atoms with Gasteiger partial charge in [0.15, 0.2) is 0 Å².